The summed E-state index contributed by atoms with van der Waals surface area (Å²) in [5.41, 5.74) is 0.755. The summed E-state index contributed by atoms with van der Waals surface area (Å²) < 4.78 is 5.78. The van der Waals surface area contributed by atoms with Gasteiger partial charge in [0, 0.05) is 11.8 Å². The number of amides is 1. The molecule has 0 aromatic heterocycles. The van der Waals surface area contributed by atoms with Crippen LogP contribution in [0.2, 0.25) is 0 Å². The third-order valence-electron chi connectivity index (χ3n) is 3.71. The van der Waals surface area contributed by atoms with Crippen molar-refractivity contribution in [1.29, 1.82) is 0 Å². The number of hydrogen-bond donors (Lipinski definition) is 2. The van der Waals surface area contributed by atoms with E-state index >= 15 is 0 Å². The molecule has 1 fully saturated rings. The molecule has 2 aromatic rings. The molecular weight excluding hydrogens is 276 g/mol. The van der Waals surface area contributed by atoms with Crippen molar-refractivity contribution in [2.75, 3.05) is 11.9 Å². The first-order chi connectivity index (χ1) is 10.8. The van der Waals surface area contributed by atoms with Gasteiger partial charge in [-0.1, -0.05) is 30.7 Å². The van der Waals surface area contributed by atoms with E-state index in [2.05, 4.69) is 10.6 Å². The fourth-order valence-electron chi connectivity index (χ4n) is 2.57. The van der Waals surface area contributed by atoms with Crippen LogP contribution >= 0.6 is 0 Å². The van der Waals surface area contributed by atoms with Crippen molar-refractivity contribution in [2.24, 2.45) is 0 Å². The van der Waals surface area contributed by atoms with E-state index in [0.717, 1.165) is 37.2 Å². The molecule has 4 heteroatoms. The Labute approximate surface area is 130 Å². The Bertz CT molecular complexity index is 622. The van der Waals surface area contributed by atoms with Crippen molar-refractivity contribution >= 4 is 11.6 Å². The first-order valence-corrected chi connectivity index (χ1v) is 7.68. The van der Waals surface area contributed by atoms with Crippen LogP contribution in [0.15, 0.2) is 54.6 Å². The largest absolute Gasteiger partial charge is 0.457 e. The Hall–Kier alpha value is -2.33. The molecule has 0 spiro atoms. The third kappa shape index (κ3) is 3.86. The molecule has 1 aliphatic heterocycles. The van der Waals surface area contributed by atoms with Gasteiger partial charge in [0.25, 0.3) is 0 Å². The summed E-state index contributed by atoms with van der Waals surface area (Å²) in [6.45, 7) is 0.912. The molecule has 1 amide bonds. The number of nitrogens with one attached hydrogen (secondary N) is 2. The van der Waals surface area contributed by atoms with E-state index in [-0.39, 0.29) is 11.9 Å². The number of carbonyl (C=O) groups excluding carboxylic acids is 1. The van der Waals surface area contributed by atoms with Crippen molar-refractivity contribution in [2.45, 2.75) is 25.3 Å². The molecule has 2 aromatic carbocycles. The first kappa shape index (κ1) is 14.6. The van der Waals surface area contributed by atoms with Crippen molar-refractivity contribution < 1.29 is 9.53 Å². The highest BCUT2D eigenvalue weighted by atomic mass is 16.5. The average Bonchev–Trinajstić information content (AvgIpc) is 2.57. The van der Waals surface area contributed by atoms with Crippen LogP contribution in [0, 0.1) is 0 Å². The molecule has 1 aliphatic rings. The highest BCUT2D eigenvalue weighted by Crippen LogP contribution is 2.24. The van der Waals surface area contributed by atoms with Gasteiger partial charge in [-0.3, -0.25) is 4.79 Å². The van der Waals surface area contributed by atoms with Crippen molar-refractivity contribution in [3.05, 3.63) is 54.6 Å². The number of ether oxygens (including phenoxy) is 1. The molecule has 0 saturated carbocycles. The maximum atomic E-state index is 12.2. The monoisotopic (exact) mass is 296 g/mol. The zero-order chi connectivity index (χ0) is 15.2. The van der Waals surface area contributed by atoms with Crippen LogP contribution in [0.4, 0.5) is 5.69 Å². The van der Waals surface area contributed by atoms with Gasteiger partial charge in [-0.25, -0.2) is 0 Å². The topological polar surface area (TPSA) is 50.4 Å². The quantitative estimate of drug-likeness (QED) is 0.907. The van der Waals surface area contributed by atoms with Gasteiger partial charge in [-0.15, -0.1) is 0 Å². The zero-order valence-corrected chi connectivity index (χ0v) is 12.4. The lowest BCUT2D eigenvalue weighted by atomic mass is 10.0. The maximum absolute atomic E-state index is 12.2. The smallest absolute Gasteiger partial charge is 0.241 e. The number of hydrogen-bond acceptors (Lipinski definition) is 3. The summed E-state index contributed by atoms with van der Waals surface area (Å²) in [6, 6.07) is 17.0. The summed E-state index contributed by atoms with van der Waals surface area (Å²) in [4.78, 5) is 12.2. The van der Waals surface area contributed by atoms with Crippen LogP contribution in [-0.2, 0) is 4.79 Å². The zero-order valence-electron chi connectivity index (χ0n) is 12.4. The molecular formula is C18H20N2O2. The summed E-state index contributed by atoms with van der Waals surface area (Å²) in [6.07, 6.45) is 3.14. The molecule has 1 unspecified atom stereocenters. The summed E-state index contributed by atoms with van der Waals surface area (Å²) in [5, 5.41) is 6.21. The minimum absolute atomic E-state index is 0.0246. The van der Waals surface area contributed by atoms with Crippen LogP contribution < -0.4 is 15.4 Å². The normalized spacial score (nSPS) is 17.7. The van der Waals surface area contributed by atoms with Crippen molar-refractivity contribution in [3.8, 4) is 11.5 Å². The molecule has 1 atom stereocenters. The number of anilines is 1. The molecule has 1 saturated heterocycles. The highest BCUT2D eigenvalue weighted by Gasteiger charge is 2.20. The van der Waals surface area contributed by atoms with E-state index in [1.807, 2.05) is 54.6 Å². The molecule has 1 heterocycles. The van der Waals surface area contributed by atoms with Gasteiger partial charge >= 0.3 is 0 Å². The van der Waals surface area contributed by atoms with Gasteiger partial charge in [0.05, 0.1) is 6.04 Å². The third-order valence-corrected chi connectivity index (χ3v) is 3.71. The number of benzene rings is 2. The van der Waals surface area contributed by atoms with Gasteiger partial charge < -0.3 is 15.4 Å². The van der Waals surface area contributed by atoms with Crippen LogP contribution in [0.25, 0.3) is 0 Å². The molecule has 114 valence electrons. The molecule has 4 nitrogen and oxygen atoms in total. The number of carbonyl (C=O) groups is 1. The lowest BCUT2D eigenvalue weighted by Crippen LogP contribution is -2.43. The van der Waals surface area contributed by atoms with Gasteiger partial charge in [0.2, 0.25) is 5.91 Å². The minimum Gasteiger partial charge on any atom is -0.457 e. The molecule has 22 heavy (non-hydrogen) atoms. The maximum Gasteiger partial charge on any atom is 0.241 e. The SMILES string of the molecule is O=C(Nc1cccc(Oc2ccccc2)c1)C1CCCCN1. The van der Waals surface area contributed by atoms with Gasteiger partial charge in [0.15, 0.2) is 0 Å². The predicted molar refractivity (Wildman–Crippen MR) is 87.2 cm³/mol. The Balaban J connectivity index is 1.64. The Morgan fingerprint density at radius 3 is 2.64 bits per heavy atom. The number of piperidine rings is 1. The van der Waals surface area contributed by atoms with Crippen molar-refractivity contribution in [3.63, 3.8) is 0 Å². The molecule has 0 radical (unpaired) electrons. The number of para-hydroxylation sites is 1. The lowest BCUT2D eigenvalue weighted by molar-refractivity contribution is -0.118. The number of rotatable bonds is 4. The standard InChI is InChI=1S/C18H20N2O2/c21-18(17-11-4-5-12-19-17)20-14-7-6-10-16(13-14)22-15-8-2-1-3-9-15/h1-3,6-10,13,17,19H,4-5,11-12H2,(H,20,21). The molecule has 3 rings (SSSR count). The van der Waals surface area contributed by atoms with E-state index in [9.17, 15) is 4.79 Å². The van der Waals surface area contributed by atoms with Gasteiger partial charge in [-0.2, -0.15) is 0 Å². The summed E-state index contributed by atoms with van der Waals surface area (Å²) in [5.74, 6) is 1.51. The van der Waals surface area contributed by atoms with E-state index in [4.69, 9.17) is 4.74 Å². The Morgan fingerprint density at radius 1 is 1.05 bits per heavy atom. The molecule has 2 N–H and O–H groups in total. The van der Waals surface area contributed by atoms with E-state index in [0.29, 0.717) is 5.75 Å². The molecule has 0 bridgehead atoms. The molecule has 0 aliphatic carbocycles. The van der Waals surface area contributed by atoms with Crippen LogP contribution in [0.1, 0.15) is 19.3 Å². The first-order valence-electron chi connectivity index (χ1n) is 7.68. The van der Waals surface area contributed by atoms with Crippen molar-refractivity contribution in [1.82, 2.24) is 5.32 Å². The van der Waals surface area contributed by atoms with Crippen LogP contribution in [0.3, 0.4) is 0 Å². The van der Waals surface area contributed by atoms with Gasteiger partial charge in [-0.05, 0) is 43.7 Å². The Morgan fingerprint density at radius 2 is 1.86 bits per heavy atom. The fourth-order valence-corrected chi connectivity index (χ4v) is 2.57. The van der Waals surface area contributed by atoms with E-state index in [1.165, 1.54) is 0 Å². The van der Waals surface area contributed by atoms with Crippen LogP contribution in [0.5, 0.6) is 11.5 Å². The van der Waals surface area contributed by atoms with Crippen LogP contribution in [-0.4, -0.2) is 18.5 Å². The summed E-state index contributed by atoms with van der Waals surface area (Å²) >= 11 is 0. The fraction of sp³-hybridized carbons (Fsp3) is 0.278. The Kier molecular flexibility index (Phi) is 4.71. The average molecular weight is 296 g/mol. The second-order valence-corrected chi connectivity index (χ2v) is 5.43. The predicted octanol–water partition coefficient (Wildman–Crippen LogP) is 3.56. The van der Waals surface area contributed by atoms with E-state index in [1.54, 1.807) is 0 Å². The van der Waals surface area contributed by atoms with E-state index < -0.39 is 0 Å². The highest BCUT2D eigenvalue weighted by molar-refractivity contribution is 5.95. The minimum atomic E-state index is -0.0903. The second-order valence-electron chi connectivity index (χ2n) is 5.43. The lowest BCUT2D eigenvalue weighted by Gasteiger charge is -2.22. The summed E-state index contributed by atoms with van der Waals surface area (Å²) in [7, 11) is 0. The van der Waals surface area contributed by atoms with Gasteiger partial charge in [0.1, 0.15) is 11.5 Å². The second kappa shape index (κ2) is 7.09.